The number of ketones is 1. The molecule has 0 aromatic heterocycles. The number of carbonyl (C=O) groups is 1. The summed E-state index contributed by atoms with van der Waals surface area (Å²) in [7, 11) is 0. The molecular weight excluding hydrogens is 180 g/mol. The Labute approximate surface area is 84.8 Å². The molecule has 3 heteroatoms. The van der Waals surface area contributed by atoms with Crippen molar-refractivity contribution in [3.63, 3.8) is 0 Å². The van der Waals surface area contributed by atoms with Crippen molar-refractivity contribution >= 4 is 5.78 Å². The zero-order chi connectivity index (χ0) is 9.80. The maximum Gasteiger partial charge on any atom is 0.158 e. The second-order valence-corrected chi connectivity index (χ2v) is 4.17. The van der Waals surface area contributed by atoms with Crippen LogP contribution in [-0.2, 0) is 14.3 Å². The molecule has 1 saturated carbocycles. The van der Waals surface area contributed by atoms with Crippen molar-refractivity contribution in [1.29, 1.82) is 0 Å². The number of ether oxygens (including phenoxy) is 2. The van der Waals surface area contributed by atoms with E-state index in [2.05, 4.69) is 0 Å². The van der Waals surface area contributed by atoms with Gasteiger partial charge in [0.2, 0.25) is 0 Å². The van der Waals surface area contributed by atoms with Gasteiger partial charge in [0.25, 0.3) is 0 Å². The molecule has 0 N–H and O–H groups in total. The summed E-state index contributed by atoms with van der Waals surface area (Å²) in [6.45, 7) is 1.57. The lowest BCUT2D eigenvalue weighted by molar-refractivity contribution is -0.188. The summed E-state index contributed by atoms with van der Waals surface area (Å²) < 4.78 is 10.9. The van der Waals surface area contributed by atoms with Gasteiger partial charge in [0.05, 0.1) is 13.2 Å². The van der Waals surface area contributed by atoms with E-state index in [0.29, 0.717) is 5.78 Å². The summed E-state index contributed by atoms with van der Waals surface area (Å²) >= 11 is 0. The van der Waals surface area contributed by atoms with Gasteiger partial charge in [-0.05, 0) is 19.3 Å². The molecule has 0 bridgehead atoms. The lowest BCUT2D eigenvalue weighted by Gasteiger charge is -2.28. The summed E-state index contributed by atoms with van der Waals surface area (Å²) in [5.74, 6) is 0.612. The van der Waals surface area contributed by atoms with E-state index in [1.54, 1.807) is 0 Å². The van der Waals surface area contributed by atoms with Crippen LogP contribution in [0.5, 0.6) is 0 Å². The van der Waals surface area contributed by atoms with E-state index in [0.717, 1.165) is 45.3 Å². The van der Waals surface area contributed by atoms with Crippen LogP contribution in [-0.4, -0.2) is 25.3 Å². The first-order valence-electron chi connectivity index (χ1n) is 5.62. The van der Waals surface area contributed by atoms with Gasteiger partial charge in [0, 0.05) is 18.8 Å². The molecule has 1 unspecified atom stereocenters. The van der Waals surface area contributed by atoms with E-state index in [4.69, 9.17) is 9.47 Å². The molecule has 2 aliphatic rings. The molecule has 0 amide bonds. The number of hydrogen-bond donors (Lipinski definition) is 0. The van der Waals surface area contributed by atoms with Crippen LogP contribution >= 0.6 is 0 Å². The second kappa shape index (κ2) is 4.89. The topological polar surface area (TPSA) is 35.5 Å². The molecule has 2 rings (SSSR count). The first-order valence-corrected chi connectivity index (χ1v) is 5.62. The fourth-order valence-electron chi connectivity index (χ4n) is 2.21. The first-order chi connectivity index (χ1) is 6.86. The van der Waals surface area contributed by atoms with E-state index in [1.807, 2.05) is 0 Å². The molecule has 1 aliphatic heterocycles. The Bertz CT molecular complexity index is 197. The third-order valence-corrected chi connectivity index (χ3v) is 3.05. The summed E-state index contributed by atoms with van der Waals surface area (Å²) in [6, 6.07) is 0. The van der Waals surface area contributed by atoms with Crippen molar-refractivity contribution in [2.75, 3.05) is 13.2 Å². The number of hydrogen-bond acceptors (Lipinski definition) is 3. The lowest BCUT2D eigenvalue weighted by Crippen LogP contribution is -2.30. The molecule has 1 aliphatic carbocycles. The van der Waals surface area contributed by atoms with E-state index in [9.17, 15) is 4.79 Å². The minimum atomic E-state index is -0.115. The molecule has 1 heterocycles. The molecule has 1 saturated heterocycles. The Morgan fingerprint density at radius 1 is 1.14 bits per heavy atom. The Morgan fingerprint density at radius 2 is 1.93 bits per heavy atom. The Balaban J connectivity index is 1.79. The summed E-state index contributed by atoms with van der Waals surface area (Å²) in [5, 5.41) is 0. The van der Waals surface area contributed by atoms with Crippen LogP contribution < -0.4 is 0 Å². The lowest BCUT2D eigenvalue weighted by atomic mass is 9.85. The van der Waals surface area contributed by atoms with Gasteiger partial charge in [0.15, 0.2) is 6.29 Å². The molecule has 0 radical (unpaired) electrons. The Kier molecular flexibility index (Phi) is 3.54. The van der Waals surface area contributed by atoms with Gasteiger partial charge in [-0.1, -0.05) is 6.42 Å². The van der Waals surface area contributed by atoms with E-state index < -0.39 is 0 Å². The average Bonchev–Trinajstić information content (AvgIpc) is 2.23. The maximum absolute atomic E-state index is 11.6. The third-order valence-electron chi connectivity index (χ3n) is 3.05. The van der Waals surface area contributed by atoms with Crippen LogP contribution in [0.2, 0.25) is 0 Å². The molecule has 0 spiro atoms. The van der Waals surface area contributed by atoms with Gasteiger partial charge in [-0.3, -0.25) is 4.79 Å². The zero-order valence-corrected chi connectivity index (χ0v) is 8.54. The van der Waals surface area contributed by atoms with Gasteiger partial charge in [0.1, 0.15) is 5.78 Å². The molecule has 2 fully saturated rings. The molecule has 1 atom stereocenters. The molecule has 14 heavy (non-hydrogen) atoms. The third kappa shape index (κ3) is 2.55. The number of carbonyl (C=O) groups excluding carboxylic acids is 1. The highest BCUT2D eigenvalue weighted by molar-refractivity contribution is 5.81. The summed E-state index contributed by atoms with van der Waals surface area (Å²) in [4.78, 5) is 11.6. The van der Waals surface area contributed by atoms with Crippen molar-refractivity contribution in [1.82, 2.24) is 0 Å². The van der Waals surface area contributed by atoms with Crippen LogP contribution in [0.4, 0.5) is 0 Å². The van der Waals surface area contributed by atoms with Crippen molar-refractivity contribution in [2.45, 2.75) is 44.8 Å². The molecule has 3 nitrogen and oxygen atoms in total. The molecule has 0 aromatic carbocycles. The van der Waals surface area contributed by atoms with Gasteiger partial charge < -0.3 is 9.47 Å². The molecule has 0 aromatic rings. The van der Waals surface area contributed by atoms with Crippen molar-refractivity contribution in [3.8, 4) is 0 Å². The largest absolute Gasteiger partial charge is 0.353 e. The highest BCUT2D eigenvalue weighted by Crippen LogP contribution is 2.26. The second-order valence-electron chi connectivity index (χ2n) is 4.17. The van der Waals surface area contributed by atoms with Gasteiger partial charge in [-0.2, -0.15) is 0 Å². The maximum atomic E-state index is 11.6. The van der Waals surface area contributed by atoms with Crippen LogP contribution in [0.15, 0.2) is 0 Å². The normalized spacial score (nSPS) is 30.6. The van der Waals surface area contributed by atoms with Crippen LogP contribution in [0.25, 0.3) is 0 Å². The molecule has 80 valence electrons. The van der Waals surface area contributed by atoms with E-state index in [1.165, 1.54) is 6.42 Å². The zero-order valence-electron chi connectivity index (χ0n) is 8.54. The highest BCUT2D eigenvalue weighted by atomic mass is 16.7. The SMILES string of the molecule is O=C1CCCCC1CC1OCCCO1. The van der Waals surface area contributed by atoms with Gasteiger partial charge >= 0.3 is 0 Å². The Hall–Kier alpha value is -0.410. The fourth-order valence-corrected chi connectivity index (χ4v) is 2.21. The quantitative estimate of drug-likeness (QED) is 0.679. The molecular formula is C11H18O3. The van der Waals surface area contributed by atoms with Crippen LogP contribution in [0.3, 0.4) is 0 Å². The minimum absolute atomic E-state index is 0.115. The van der Waals surface area contributed by atoms with Crippen molar-refractivity contribution in [2.24, 2.45) is 5.92 Å². The Morgan fingerprint density at radius 3 is 2.64 bits per heavy atom. The van der Waals surface area contributed by atoms with Crippen molar-refractivity contribution < 1.29 is 14.3 Å². The predicted octanol–water partition coefficient (Wildman–Crippen LogP) is 1.90. The predicted molar refractivity (Wildman–Crippen MR) is 51.9 cm³/mol. The van der Waals surface area contributed by atoms with Gasteiger partial charge in [-0.25, -0.2) is 0 Å². The van der Waals surface area contributed by atoms with Gasteiger partial charge in [-0.15, -0.1) is 0 Å². The van der Waals surface area contributed by atoms with Crippen LogP contribution in [0, 0.1) is 5.92 Å². The fraction of sp³-hybridized carbons (Fsp3) is 0.909. The average molecular weight is 198 g/mol. The summed E-state index contributed by atoms with van der Waals surface area (Å²) in [6.07, 6.45) is 5.69. The minimum Gasteiger partial charge on any atom is -0.353 e. The number of rotatable bonds is 2. The first kappa shape index (κ1) is 10.1. The van der Waals surface area contributed by atoms with E-state index >= 15 is 0 Å². The monoisotopic (exact) mass is 198 g/mol. The number of Topliss-reactive ketones (excluding diaryl/α,β-unsaturated/α-hetero) is 1. The highest BCUT2D eigenvalue weighted by Gasteiger charge is 2.27. The van der Waals surface area contributed by atoms with E-state index in [-0.39, 0.29) is 12.2 Å². The standard InChI is InChI=1S/C11H18O3/c12-10-5-2-1-4-9(10)8-11-13-6-3-7-14-11/h9,11H,1-8H2. The van der Waals surface area contributed by atoms with Crippen LogP contribution in [0.1, 0.15) is 38.5 Å². The summed E-state index contributed by atoms with van der Waals surface area (Å²) in [5.41, 5.74) is 0. The smallest absolute Gasteiger partial charge is 0.158 e. The van der Waals surface area contributed by atoms with Crippen molar-refractivity contribution in [3.05, 3.63) is 0 Å².